The number of rotatable bonds is 7. The van der Waals surface area contributed by atoms with Gasteiger partial charge in [0.15, 0.2) is 5.13 Å². The molecule has 0 saturated carbocycles. The zero-order valence-corrected chi connectivity index (χ0v) is 20.0. The standard InChI is InChI=1S/C16H11ClF3N7O5S3/c17-9-6(23-14(21)34-9)7(25-32)10(28)22-5-3-1-2-4(8(12(30)31)27(3)11(5)29)33-15-24-13(35-26-15)16(18,19)20/h3,5,7H,1-2H2,(H2,21,23)(H,22,28)(H,30,31). The highest BCUT2D eigenvalue weighted by Gasteiger charge is 2.54. The van der Waals surface area contributed by atoms with E-state index in [1.807, 2.05) is 0 Å². The molecule has 0 aromatic carbocycles. The van der Waals surface area contributed by atoms with Gasteiger partial charge < -0.3 is 16.2 Å². The van der Waals surface area contributed by atoms with Crippen LogP contribution in [-0.2, 0) is 20.6 Å². The number of nitrogens with zero attached hydrogens (tertiary/aromatic N) is 5. The Bertz CT molecular complexity index is 1270. The number of carbonyl (C=O) groups excluding carboxylic acids is 2. The summed E-state index contributed by atoms with van der Waals surface area (Å²) in [6.45, 7) is 0. The average Bonchev–Trinajstić information content (AvgIpc) is 3.38. The van der Waals surface area contributed by atoms with E-state index in [0.717, 1.165) is 16.2 Å². The van der Waals surface area contributed by atoms with Crippen molar-refractivity contribution in [3.63, 3.8) is 0 Å². The van der Waals surface area contributed by atoms with Crippen molar-refractivity contribution in [2.45, 2.75) is 42.3 Å². The smallest absolute Gasteiger partial charge is 0.444 e. The molecule has 0 radical (unpaired) electrons. The number of carbonyl (C=O) groups is 3. The number of nitrogens with two attached hydrogens (primary N) is 1. The quantitative estimate of drug-likeness (QED) is 0.331. The van der Waals surface area contributed by atoms with Crippen molar-refractivity contribution < 1.29 is 32.7 Å². The SMILES string of the molecule is Nc1nc(C(N=O)C(=O)NC2C(=O)N3C(C(=O)O)=C(Sc4nsc(C(F)(F)F)n4)CCC23)c(Cl)s1. The van der Waals surface area contributed by atoms with Crippen molar-refractivity contribution in [1.82, 2.24) is 24.6 Å². The van der Waals surface area contributed by atoms with Gasteiger partial charge >= 0.3 is 12.1 Å². The van der Waals surface area contributed by atoms with Crippen LogP contribution in [0.3, 0.4) is 0 Å². The normalized spacial score (nSPS) is 20.8. The van der Waals surface area contributed by atoms with Crippen LogP contribution in [0.1, 0.15) is 29.6 Å². The number of hydrogen-bond acceptors (Lipinski definition) is 12. The van der Waals surface area contributed by atoms with Crippen LogP contribution in [-0.4, -0.2) is 54.2 Å². The van der Waals surface area contributed by atoms with E-state index in [0.29, 0.717) is 11.8 Å². The van der Waals surface area contributed by atoms with Crippen molar-refractivity contribution in [1.29, 1.82) is 0 Å². The number of nitroso groups, excluding NO2 is 1. The van der Waals surface area contributed by atoms with Gasteiger partial charge in [-0.2, -0.15) is 17.5 Å². The number of thioether (sulfide) groups is 1. The first-order valence-electron chi connectivity index (χ1n) is 9.35. The second kappa shape index (κ2) is 9.32. The molecule has 2 aliphatic heterocycles. The van der Waals surface area contributed by atoms with Crippen LogP contribution < -0.4 is 11.1 Å². The molecule has 0 bridgehead atoms. The molecular formula is C16H11ClF3N7O5S3. The number of halogens is 4. The molecule has 0 spiro atoms. The van der Waals surface area contributed by atoms with E-state index in [1.54, 1.807) is 0 Å². The molecule has 186 valence electrons. The Labute approximate surface area is 209 Å². The van der Waals surface area contributed by atoms with E-state index in [-0.39, 0.29) is 49.6 Å². The van der Waals surface area contributed by atoms with E-state index in [4.69, 9.17) is 17.3 Å². The number of alkyl halides is 3. The fourth-order valence-electron chi connectivity index (χ4n) is 3.56. The van der Waals surface area contributed by atoms with Gasteiger partial charge in [0.05, 0.1) is 6.04 Å². The average molecular weight is 570 g/mol. The molecule has 4 rings (SSSR count). The maximum absolute atomic E-state index is 12.8. The van der Waals surface area contributed by atoms with Gasteiger partial charge in [0.2, 0.25) is 16.2 Å². The zero-order chi connectivity index (χ0) is 25.7. The number of carboxylic acids is 1. The Kier molecular flexibility index (Phi) is 6.73. The lowest BCUT2D eigenvalue weighted by atomic mass is 9.86. The van der Waals surface area contributed by atoms with E-state index in [1.165, 1.54) is 0 Å². The van der Waals surface area contributed by atoms with Crippen molar-refractivity contribution in [3.05, 3.63) is 30.5 Å². The number of thiazole rings is 1. The fourth-order valence-corrected chi connectivity index (χ4v) is 6.14. The molecule has 4 heterocycles. The maximum atomic E-state index is 12.8. The van der Waals surface area contributed by atoms with Crippen LogP contribution in [0.5, 0.6) is 0 Å². The number of carboxylic acid groups (broad SMARTS) is 1. The number of aliphatic carboxylic acids is 1. The van der Waals surface area contributed by atoms with Crippen LogP contribution >= 0.6 is 46.2 Å². The van der Waals surface area contributed by atoms with Crippen molar-refractivity contribution in [2.24, 2.45) is 5.18 Å². The number of allylic oxidation sites excluding steroid dienone is 1. The molecule has 12 nitrogen and oxygen atoms in total. The minimum atomic E-state index is -4.69. The Hall–Kier alpha value is -2.83. The third-order valence-electron chi connectivity index (χ3n) is 5.00. The number of nitrogen functional groups attached to an aromatic ring is 1. The molecule has 0 aliphatic carbocycles. The van der Waals surface area contributed by atoms with Crippen LogP contribution in [0.25, 0.3) is 0 Å². The third-order valence-corrected chi connectivity index (χ3v) is 7.99. The molecule has 3 unspecified atom stereocenters. The summed E-state index contributed by atoms with van der Waals surface area (Å²) in [6.07, 6.45) is -4.45. The highest BCUT2D eigenvalue weighted by atomic mass is 35.5. The zero-order valence-electron chi connectivity index (χ0n) is 16.8. The molecule has 3 atom stereocenters. The first-order valence-corrected chi connectivity index (χ1v) is 12.1. The molecule has 2 aromatic heterocycles. The van der Waals surface area contributed by atoms with E-state index in [2.05, 4.69) is 24.8 Å². The van der Waals surface area contributed by atoms with Gasteiger partial charge in [-0.25, -0.2) is 14.8 Å². The summed E-state index contributed by atoms with van der Waals surface area (Å²) in [4.78, 5) is 56.7. The molecule has 1 saturated heterocycles. The number of hydrogen-bond donors (Lipinski definition) is 3. The Morgan fingerprint density at radius 2 is 2.09 bits per heavy atom. The number of aromatic nitrogens is 3. The van der Waals surface area contributed by atoms with Gasteiger partial charge in [-0.3, -0.25) is 14.5 Å². The third kappa shape index (κ3) is 4.69. The number of anilines is 1. The van der Waals surface area contributed by atoms with Gasteiger partial charge in [0, 0.05) is 4.91 Å². The molecule has 2 aromatic rings. The van der Waals surface area contributed by atoms with Gasteiger partial charge in [-0.1, -0.05) is 34.7 Å². The predicted molar refractivity (Wildman–Crippen MR) is 117 cm³/mol. The van der Waals surface area contributed by atoms with E-state index < -0.39 is 52.8 Å². The summed E-state index contributed by atoms with van der Waals surface area (Å²) in [5.74, 6) is -3.24. The minimum Gasteiger partial charge on any atom is -0.477 e. The summed E-state index contributed by atoms with van der Waals surface area (Å²) in [6, 6.07) is -3.60. The topological polar surface area (TPSA) is 181 Å². The second-order valence-corrected chi connectivity index (χ2v) is 10.5. The van der Waals surface area contributed by atoms with Gasteiger partial charge in [-0.15, -0.1) is 4.91 Å². The summed E-state index contributed by atoms with van der Waals surface area (Å²) in [5, 5.41) is 13.3. The number of amides is 2. The summed E-state index contributed by atoms with van der Waals surface area (Å²) < 4.78 is 41.9. The Morgan fingerprint density at radius 1 is 1.37 bits per heavy atom. The predicted octanol–water partition coefficient (Wildman–Crippen LogP) is 2.63. The highest BCUT2D eigenvalue weighted by Crippen LogP contribution is 2.43. The number of fused-ring (bicyclic) bond motifs is 1. The largest absolute Gasteiger partial charge is 0.477 e. The molecule has 2 aliphatic rings. The molecule has 2 amide bonds. The van der Waals surface area contributed by atoms with E-state index in [9.17, 15) is 37.6 Å². The highest BCUT2D eigenvalue weighted by molar-refractivity contribution is 8.03. The van der Waals surface area contributed by atoms with Gasteiger partial charge in [-0.05, 0) is 29.6 Å². The van der Waals surface area contributed by atoms with Crippen LogP contribution in [0.2, 0.25) is 4.34 Å². The molecule has 4 N–H and O–H groups in total. The second-order valence-electron chi connectivity index (χ2n) is 7.08. The van der Waals surface area contributed by atoms with Gasteiger partial charge in [0.25, 0.3) is 11.8 Å². The van der Waals surface area contributed by atoms with Crippen molar-refractivity contribution in [2.75, 3.05) is 5.73 Å². The van der Waals surface area contributed by atoms with Crippen molar-refractivity contribution >= 4 is 69.1 Å². The Balaban J connectivity index is 1.52. The molecular weight excluding hydrogens is 559 g/mol. The van der Waals surface area contributed by atoms with Crippen molar-refractivity contribution in [3.8, 4) is 0 Å². The first-order chi connectivity index (χ1) is 16.4. The monoisotopic (exact) mass is 569 g/mol. The lowest BCUT2D eigenvalue weighted by molar-refractivity contribution is -0.156. The summed E-state index contributed by atoms with van der Waals surface area (Å²) >= 11 is 7.50. The number of β-lactam (4-membered cyclic amide) rings is 1. The molecule has 1 fully saturated rings. The van der Waals surface area contributed by atoms with Crippen LogP contribution in [0, 0.1) is 4.91 Å². The summed E-state index contributed by atoms with van der Waals surface area (Å²) in [7, 11) is 0. The molecule has 19 heteroatoms. The number of nitrogens with one attached hydrogen (secondary N) is 1. The maximum Gasteiger partial charge on any atom is 0.444 e. The lowest BCUT2D eigenvalue weighted by Gasteiger charge is -2.50. The fraction of sp³-hybridized carbons (Fsp3) is 0.375. The van der Waals surface area contributed by atoms with Crippen LogP contribution in [0.15, 0.2) is 20.9 Å². The van der Waals surface area contributed by atoms with E-state index >= 15 is 0 Å². The Morgan fingerprint density at radius 3 is 2.63 bits per heavy atom. The first kappa shape index (κ1) is 25.3. The summed E-state index contributed by atoms with van der Waals surface area (Å²) in [5.41, 5.74) is 4.90. The lowest BCUT2D eigenvalue weighted by Crippen LogP contribution is -2.71. The molecule has 35 heavy (non-hydrogen) atoms. The van der Waals surface area contributed by atoms with Gasteiger partial charge in [0.1, 0.15) is 21.8 Å². The minimum absolute atomic E-state index is 0.00264. The van der Waals surface area contributed by atoms with Crippen LogP contribution in [0.4, 0.5) is 18.3 Å².